The molecule has 3 heteroatoms. The SMILES string of the molecule is CC1(C)Cc2nc3ccccc3c([NH2+]Cc3ccccc3)c2C(O)C1. The molecule has 0 aliphatic heterocycles. The Morgan fingerprint density at radius 1 is 1.08 bits per heavy atom. The third-order valence-corrected chi connectivity index (χ3v) is 5.16. The van der Waals surface area contributed by atoms with Crippen LogP contribution in [0.25, 0.3) is 10.9 Å². The van der Waals surface area contributed by atoms with Crippen LogP contribution in [-0.2, 0) is 13.0 Å². The number of aliphatic hydroxyl groups excluding tert-OH is 1. The lowest BCUT2D eigenvalue weighted by molar-refractivity contribution is -0.588. The molecule has 3 N–H and O–H groups in total. The second kappa shape index (κ2) is 6.25. The van der Waals surface area contributed by atoms with E-state index in [1.807, 2.05) is 12.1 Å². The molecule has 1 aliphatic carbocycles. The fourth-order valence-electron chi connectivity index (χ4n) is 4.02. The zero-order chi connectivity index (χ0) is 17.4. The van der Waals surface area contributed by atoms with Gasteiger partial charge in [0.05, 0.1) is 28.3 Å². The molecule has 0 fully saturated rings. The molecule has 0 bridgehead atoms. The van der Waals surface area contributed by atoms with Gasteiger partial charge in [-0.2, -0.15) is 0 Å². The Balaban J connectivity index is 1.82. The van der Waals surface area contributed by atoms with Gasteiger partial charge in [0, 0.05) is 5.56 Å². The van der Waals surface area contributed by atoms with Crippen LogP contribution in [0.1, 0.15) is 43.2 Å². The number of pyridine rings is 1. The van der Waals surface area contributed by atoms with E-state index < -0.39 is 6.10 Å². The maximum Gasteiger partial charge on any atom is 0.147 e. The molecule has 2 aromatic carbocycles. The van der Waals surface area contributed by atoms with Gasteiger partial charge in [-0.1, -0.05) is 56.3 Å². The van der Waals surface area contributed by atoms with Crippen LogP contribution in [0.5, 0.6) is 0 Å². The third-order valence-electron chi connectivity index (χ3n) is 5.16. The van der Waals surface area contributed by atoms with Crippen molar-refractivity contribution in [2.45, 2.75) is 39.3 Å². The van der Waals surface area contributed by atoms with E-state index in [4.69, 9.17) is 4.98 Å². The van der Waals surface area contributed by atoms with Crippen molar-refractivity contribution in [2.75, 3.05) is 0 Å². The topological polar surface area (TPSA) is 49.7 Å². The minimum Gasteiger partial charge on any atom is -0.388 e. The first-order chi connectivity index (χ1) is 12.0. The van der Waals surface area contributed by atoms with Crippen molar-refractivity contribution in [2.24, 2.45) is 5.41 Å². The third kappa shape index (κ3) is 3.17. The summed E-state index contributed by atoms with van der Waals surface area (Å²) in [5.74, 6) is 0. The van der Waals surface area contributed by atoms with E-state index in [1.54, 1.807) is 0 Å². The average Bonchev–Trinajstić information content (AvgIpc) is 2.58. The molecule has 0 saturated carbocycles. The lowest BCUT2D eigenvalue weighted by Crippen LogP contribution is -2.76. The number of hydrogen-bond acceptors (Lipinski definition) is 2. The summed E-state index contributed by atoms with van der Waals surface area (Å²) in [6, 6.07) is 18.7. The molecule has 3 nitrogen and oxygen atoms in total. The second-order valence-corrected chi connectivity index (χ2v) is 7.86. The summed E-state index contributed by atoms with van der Waals surface area (Å²) in [6.45, 7) is 5.28. The molecule has 0 amide bonds. The van der Waals surface area contributed by atoms with Gasteiger partial charge in [0.2, 0.25) is 0 Å². The first kappa shape index (κ1) is 16.2. The molecular formula is C22H25N2O+. The summed E-state index contributed by atoms with van der Waals surface area (Å²) in [5, 5.41) is 14.3. The zero-order valence-corrected chi connectivity index (χ0v) is 14.9. The van der Waals surface area contributed by atoms with Crippen LogP contribution in [0.3, 0.4) is 0 Å². The van der Waals surface area contributed by atoms with Gasteiger partial charge in [-0.3, -0.25) is 4.98 Å². The van der Waals surface area contributed by atoms with E-state index in [0.717, 1.165) is 47.2 Å². The highest BCUT2D eigenvalue weighted by Gasteiger charge is 2.36. The maximum absolute atomic E-state index is 10.9. The van der Waals surface area contributed by atoms with E-state index in [0.29, 0.717) is 0 Å². The first-order valence-corrected chi connectivity index (χ1v) is 9.00. The van der Waals surface area contributed by atoms with Crippen LogP contribution in [0.4, 0.5) is 5.69 Å². The minimum atomic E-state index is -0.446. The van der Waals surface area contributed by atoms with E-state index in [-0.39, 0.29) is 5.41 Å². The van der Waals surface area contributed by atoms with Crippen LogP contribution in [-0.4, -0.2) is 10.1 Å². The number of rotatable bonds is 3. The highest BCUT2D eigenvalue weighted by Crippen LogP contribution is 2.43. The van der Waals surface area contributed by atoms with Crippen LogP contribution < -0.4 is 5.32 Å². The number of benzene rings is 2. The highest BCUT2D eigenvalue weighted by atomic mass is 16.3. The molecule has 0 spiro atoms. The Labute approximate surface area is 148 Å². The molecule has 1 aromatic heterocycles. The molecule has 128 valence electrons. The zero-order valence-electron chi connectivity index (χ0n) is 14.9. The summed E-state index contributed by atoms with van der Waals surface area (Å²) < 4.78 is 0. The van der Waals surface area contributed by atoms with Gasteiger partial charge in [-0.25, -0.2) is 0 Å². The predicted molar refractivity (Wildman–Crippen MR) is 101 cm³/mol. The van der Waals surface area contributed by atoms with Crippen molar-refractivity contribution < 1.29 is 10.4 Å². The van der Waals surface area contributed by atoms with Crippen molar-refractivity contribution in [3.8, 4) is 0 Å². The van der Waals surface area contributed by atoms with E-state index >= 15 is 0 Å². The molecule has 1 unspecified atom stereocenters. The Hall–Kier alpha value is -2.23. The molecule has 1 aliphatic rings. The van der Waals surface area contributed by atoms with Crippen LogP contribution in [0, 0.1) is 5.41 Å². The smallest absolute Gasteiger partial charge is 0.147 e. The van der Waals surface area contributed by atoms with Crippen LogP contribution in [0.15, 0.2) is 54.6 Å². The summed E-state index contributed by atoms with van der Waals surface area (Å²) in [4.78, 5) is 4.90. The number of fused-ring (bicyclic) bond motifs is 2. The van der Waals surface area contributed by atoms with Gasteiger partial charge in [-0.15, -0.1) is 0 Å². The van der Waals surface area contributed by atoms with Crippen molar-refractivity contribution in [3.05, 3.63) is 71.4 Å². The standard InChI is InChI=1S/C22H24N2O/c1-22(2)12-18-20(19(25)13-22)21(16-10-6-7-11-17(16)24-18)23-14-15-8-4-3-5-9-15/h3-11,19,25H,12-14H2,1-2H3,(H,23,24)/p+1. The fourth-order valence-corrected chi connectivity index (χ4v) is 4.02. The highest BCUT2D eigenvalue weighted by molar-refractivity contribution is 5.89. The van der Waals surface area contributed by atoms with E-state index in [9.17, 15) is 5.11 Å². The summed E-state index contributed by atoms with van der Waals surface area (Å²) in [7, 11) is 0. The monoisotopic (exact) mass is 333 g/mol. The van der Waals surface area contributed by atoms with E-state index in [1.165, 1.54) is 5.56 Å². The molecule has 1 heterocycles. The van der Waals surface area contributed by atoms with Crippen molar-refractivity contribution in [1.29, 1.82) is 0 Å². The first-order valence-electron chi connectivity index (χ1n) is 9.00. The summed E-state index contributed by atoms with van der Waals surface area (Å²) in [5.41, 5.74) is 5.63. The summed E-state index contributed by atoms with van der Waals surface area (Å²) >= 11 is 0. The Bertz CT molecular complexity index is 903. The van der Waals surface area contributed by atoms with Gasteiger partial charge < -0.3 is 10.4 Å². The van der Waals surface area contributed by atoms with Crippen molar-refractivity contribution in [1.82, 2.24) is 4.98 Å². The normalized spacial score (nSPS) is 18.9. The van der Waals surface area contributed by atoms with Crippen LogP contribution in [0.2, 0.25) is 0 Å². The molecule has 0 saturated heterocycles. The second-order valence-electron chi connectivity index (χ2n) is 7.86. The van der Waals surface area contributed by atoms with Gasteiger partial charge in [-0.05, 0) is 30.4 Å². The van der Waals surface area contributed by atoms with Gasteiger partial charge in [0.1, 0.15) is 12.2 Å². The molecular weight excluding hydrogens is 308 g/mol. The quantitative estimate of drug-likeness (QED) is 0.769. The number of aliphatic hydroxyl groups is 1. The molecule has 3 aromatic rings. The average molecular weight is 333 g/mol. The number of aromatic nitrogens is 1. The van der Waals surface area contributed by atoms with Gasteiger partial charge in [0.15, 0.2) is 0 Å². The van der Waals surface area contributed by atoms with E-state index in [2.05, 4.69) is 61.6 Å². The Morgan fingerprint density at radius 3 is 2.60 bits per heavy atom. The molecule has 4 rings (SSSR count). The number of quaternary nitrogens is 1. The van der Waals surface area contributed by atoms with Crippen molar-refractivity contribution in [3.63, 3.8) is 0 Å². The number of hydrogen-bond donors (Lipinski definition) is 2. The number of nitrogens with zero attached hydrogens (tertiary/aromatic N) is 1. The Morgan fingerprint density at radius 2 is 1.80 bits per heavy atom. The van der Waals surface area contributed by atoms with Crippen LogP contribution >= 0.6 is 0 Å². The summed E-state index contributed by atoms with van der Waals surface area (Å²) in [6.07, 6.45) is 1.25. The lowest BCUT2D eigenvalue weighted by atomic mass is 9.74. The molecule has 0 radical (unpaired) electrons. The van der Waals surface area contributed by atoms with Gasteiger partial charge >= 0.3 is 0 Å². The van der Waals surface area contributed by atoms with Gasteiger partial charge in [0.25, 0.3) is 0 Å². The maximum atomic E-state index is 10.9. The number of para-hydroxylation sites is 1. The largest absolute Gasteiger partial charge is 0.388 e. The Kier molecular flexibility index (Phi) is 4.06. The van der Waals surface area contributed by atoms with Crippen molar-refractivity contribution >= 4 is 16.6 Å². The predicted octanol–water partition coefficient (Wildman–Crippen LogP) is 3.64. The lowest BCUT2D eigenvalue weighted by Gasteiger charge is -2.34. The fraction of sp³-hybridized carbons (Fsp3) is 0.318. The molecule has 1 atom stereocenters. The molecule has 25 heavy (non-hydrogen) atoms. The number of nitrogens with two attached hydrogens (primary N) is 1. The minimum absolute atomic E-state index is 0.0819.